The first-order chi connectivity index (χ1) is 19.7. The van der Waals surface area contributed by atoms with Gasteiger partial charge in [0.05, 0.1) is 0 Å². The maximum Gasteiger partial charge on any atom is 0.584 e. The van der Waals surface area contributed by atoms with Crippen LogP contribution < -0.4 is 9.05 Å². The molecule has 0 unspecified atom stereocenters. The maximum atomic E-state index is 13.8. The molecule has 42 heavy (non-hydrogen) atoms. The number of hydrogen-bond donors (Lipinski definition) is 1. The molecule has 236 valence electrons. The molecule has 4 nitrogen and oxygen atoms in total. The molecule has 0 saturated heterocycles. The van der Waals surface area contributed by atoms with Crippen LogP contribution in [0.25, 0.3) is 0 Å². The monoisotopic (exact) mass is 598 g/mol. The Balaban J connectivity index is 2.46. The summed E-state index contributed by atoms with van der Waals surface area (Å²) in [7, 11) is -4.43. The first-order valence-corrected chi connectivity index (χ1v) is 18.3. The van der Waals surface area contributed by atoms with Gasteiger partial charge in [0.15, 0.2) is 0 Å². The lowest BCUT2D eigenvalue weighted by molar-refractivity contribution is 0.183. The third-order valence-electron chi connectivity index (χ3n) is 8.55. The highest BCUT2D eigenvalue weighted by atomic mass is 31.2. The lowest BCUT2D eigenvalue weighted by Gasteiger charge is -2.42. The SMILES string of the molecule is CCCCc1cc(CCCC)c2c(c1)C(C(C)(C)CC(C)(C)C)c1cc(CCCC)cc(CCCC)c1OP(=O)(O)O2. The Bertz CT molecular complexity index is 1150. The average Bonchev–Trinajstić information content (AvgIpc) is 2.88. The van der Waals surface area contributed by atoms with E-state index in [0.717, 1.165) is 106 Å². The van der Waals surface area contributed by atoms with Crippen molar-refractivity contribution in [3.63, 3.8) is 0 Å². The van der Waals surface area contributed by atoms with Crippen molar-refractivity contribution in [1.29, 1.82) is 0 Å². The second kappa shape index (κ2) is 14.8. The number of phosphoric acid groups is 1. The molecule has 0 bridgehead atoms. The number of hydrogen-bond acceptors (Lipinski definition) is 3. The zero-order valence-electron chi connectivity index (χ0n) is 28.2. The molecule has 0 spiro atoms. The van der Waals surface area contributed by atoms with Crippen LogP contribution in [0.5, 0.6) is 11.5 Å². The molecular weight excluding hydrogens is 539 g/mol. The van der Waals surface area contributed by atoms with Crippen molar-refractivity contribution < 1.29 is 18.5 Å². The summed E-state index contributed by atoms with van der Waals surface area (Å²) in [5, 5.41) is 0. The Hall–Kier alpha value is -1.77. The Morgan fingerprint density at radius 3 is 1.40 bits per heavy atom. The minimum absolute atomic E-state index is 0.0501. The molecule has 0 aromatic heterocycles. The Labute approximate surface area is 257 Å². The summed E-state index contributed by atoms with van der Waals surface area (Å²) < 4.78 is 26.1. The molecule has 0 fully saturated rings. The molecule has 0 saturated carbocycles. The van der Waals surface area contributed by atoms with Gasteiger partial charge in [0.1, 0.15) is 11.5 Å². The van der Waals surface area contributed by atoms with Crippen LogP contribution in [0.1, 0.15) is 159 Å². The van der Waals surface area contributed by atoms with E-state index in [1.807, 2.05) is 0 Å². The highest BCUT2D eigenvalue weighted by Gasteiger charge is 2.44. The Morgan fingerprint density at radius 1 is 0.667 bits per heavy atom. The quantitative estimate of drug-likeness (QED) is 0.220. The van der Waals surface area contributed by atoms with Gasteiger partial charge in [-0.2, -0.15) is 0 Å². The van der Waals surface area contributed by atoms with Crippen molar-refractivity contribution in [2.75, 3.05) is 0 Å². The molecule has 1 aliphatic rings. The van der Waals surface area contributed by atoms with Gasteiger partial charge in [-0.15, -0.1) is 0 Å². The highest BCUT2D eigenvalue weighted by molar-refractivity contribution is 7.48. The van der Waals surface area contributed by atoms with Gasteiger partial charge in [-0.05, 0) is 90.9 Å². The summed E-state index contributed by atoms with van der Waals surface area (Å²) in [5.41, 5.74) is 6.68. The fourth-order valence-electron chi connectivity index (χ4n) is 7.10. The van der Waals surface area contributed by atoms with Crippen LogP contribution in [0.2, 0.25) is 0 Å². The van der Waals surface area contributed by atoms with Gasteiger partial charge in [0.2, 0.25) is 0 Å². The number of fused-ring (bicyclic) bond motifs is 2. The summed E-state index contributed by atoms with van der Waals surface area (Å²) in [6.07, 6.45) is 13.2. The van der Waals surface area contributed by atoms with Gasteiger partial charge in [-0.25, -0.2) is 4.57 Å². The van der Waals surface area contributed by atoms with E-state index in [1.165, 1.54) is 11.1 Å². The largest absolute Gasteiger partial charge is 0.584 e. The lowest BCUT2D eigenvalue weighted by Crippen LogP contribution is -2.30. The van der Waals surface area contributed by atoms with Crippen LogP contribution in [-0.2, 0) is 30.2 Å². The van der Waals surface area contributed by atoms with Crippen molar-refractivity contribution in [3.05, 3.63) is 57.6 Å². The first kappa shape index (κ1) is 34.7. The summed E-state index contributed by atoms with van der Waals surface area (Å²) in [4.78, 5) is 11.3. The van der Waals surface area contributed by atoms with Gasteiger partial charge in [0, 0.05) is 17.0 Å². The van der Waals surface area contributed by atoms with Crippen molar-refractivity contribution in [1.82, 2.24) is 0 Å². The predicted molar refractivity (Wildman–Crippen MR) is 178 cm³/mol. The maximum absolute atomic E-state index is 13.8. The van der Waals surface area contributed by atoms with Crippen LogP contribution in [0.4, 0.5) is 0 Å². The fraction of sp³-hybridized carbons (Fsp3) is 0.676. The molecule has 1 aliphatic heterocycles. The van der Waals surface area contributed by atoms with Crippen molar-refractivity contribution in [2.45, 2.75) is 152 Å². The average molecular weight is 599 g/mol. The molecule has 5 heteroatoms. The Kier molecular flexibility index (Phi) is 12.2. The smallest absolute Gasteiger partial charge is 0.395 e. The van der Waals surface area contributed by atoms with Crippen LogP contribution in [0.15, 0.2) is 24.3 Å². The van der Waals surface area contributed by atoms with Crippen LogP contribution >= 0.6 is 7.82 Å². The van der Waals surface area contributed by atoms with Gasteiger partial charge in [0.25, 0.3) is 0 Å². The lowest BCUT2D eigenvalue weighted by atomic mass is 9.63. The van der Waals surface area contributed by atoms with Crippen LogP contribution in [0, 0.1) is 10.8 Å². The minimum Gasteiger partial charge on any atom is -0.395 e. The number of phosphoric ester groups is 1. The fourth-order valence-corrected chi connectivity index (χ4v) is 8.04. The molecule has 0 radical (unpaired) electrons. The molecule has 3 rings (SSSR count). The van der Waals surface area contributed by atoms with Gasteiger partial charge >= 0.3 is 7.82 Å². The molecule has 0 atom stereocenters. The van der Waals surface area contributed by atoms with Crippen molar-refractivity contribution in [2.24, 2.45) is 10.8 Å². The zero-order valence-corrected chi connectivity index (χ0v) is 29.1. The molecule has 0 amide bonds. The Morgan fingerprint density at radius 2 is 1.05 bits per heavy atom. The van der Waals surface area contributed by atoms with E-state index < -0.39 is 7.82 Å². The molecule has 1 N–H and O–H groups in total. The van der Waals surface area contributed by atoms with E-state index in [-0.39, 0.29) is 16.7 Å². The minimum atomic E-state index is -4.43. The van der Waals surface area contributed by atoms with E-state index in [4.69, 9.17) is 9.05 Å². The molecule has 2 aromatic rings. The summed E-state index contributed by atoms with van der Waals surface area (Å²) in [5.74, 6) is 1.09. The van der Waals surface area contributed by atoms with Crippen molar-refractivity contribution in [3.8, 4) is 11.5 Å². The van der Waals surface area contributed by atoms with E-state index >= 15 is 0 Å². The van der Waals surface area contributed by atoms with E-state index in [1.54, 1.807) is 0 Å². The van der Waals surface area contributed by atoms with E-state index in [0.29, 0.717) is 11.5 Å². The van der Waals surface area contributed by atoms with Gasteiger partial charge in [-0.1, -0.05) is 112 Å². The standard InChI is InChI=1S/C37H59O4P/c1-10-14-18-27-22-29(20-16-12-3)34-31(24-27)33(37(8,9)26-36(5,6)7)32-25-28(19-15-11-2)23-30(21-17-13-4)35(32)41-42(38,39)40-34/h22-25,33H,10-21,26H2,1-9H3,(H,38,39). The van der Waals surface area contributed by atoms with E-state index in [9.17, 15) is 9.46 Å². The molecule has 0 aliphatic carbocycles. The highest BCUT2D eigenvalue weighted by Crippen LogP contribution is 2.59. The zero-order chi connectivity index (χ0) is 31.1. The van der Waals surface area contributed by atoms with Crippen LogP contribution in [-0.4, -0.2) is 4.89 Å². The number of aryl methyl sites for hydroxylation is 4. The molecule has 2 aromatic carbocycles. The normalized spacial score (nSPS) is 18.9. The number of rotatable bonds is 14. The second-order valence-electron chi connectivity index (χ2n) is 14.6. The summed E-state index contributed by atoms with van der Waals surface area (Å²) in [6, 6.07) is 9.06. The first-order valence-electron chi connectivity index (χ1n) is 16.8. The third kappa shape index (κ3) is 9.12. The molecule has 1 heterocycles. The topological polar surface area (TPSA) is 55.8 Å². The summed E-state index contributed by atoms with van der Waals surface area (Å²) >= 11 is 0. The molecular formula is C37H59O4P. The number of benzene rings is 2. The second-order valence-corrected chi connectivity index (χ2v) is 15.9. The van der Waals surface area contributed by atoms with E-state index in [2.05, 4.69) is 86.6 Å². The third-order valence-corrected chi connectivity index (χ3v) is 9.38. The van der Waals surface area contributed by atoms with Crippen LogP contribution in [0.3, 0.4) is 0 Å². The van der Waals surface area contributed by atoms with Gasteiger partial charge in [-0.3, -0.25) is 4.89 Å². The van der Waals surface area contributed by atoms with Crippen molar-refractivity contribution >= 4 is 7.82 Å². The number of unbranched alkanes of at least 4 members (excludes halogenated alkanes) is 4. The summed E-state index contributed by atoms with van der Waals surface area (Å²) in [6.45, 7) is 20.5. The predicted octanol–water partition coefficient (Wildman–Crippen LogP) is 11.5. The van der Waals surface area contributed by atoms with Gasteiger partial charge < -0.3 is 9.05 Å².